The van der Waals surface area contributed by atoms with E-state index in [9.17, 15) is 18.1 Å². The SMILES string of the molecule is CCP(=O)(CC(=O)C(F)(F)c1ccccc1)OC. The Hall–Kier alpha value is -1.06. The number of benzene rings is 1. The maximum Gasteiger partial charge on any atom is 0.331 e. The van der Waals surface area contributed by atoms with Crippen molar-refractivity contribution in [2.24, 2.45) is 0 Å². The molecule has 0 aromatic heterocycles. The van der Waals surface area contributed by atoms with Gasteiger partial charge in [0.25, 0.3) is 0 Å². The molecule has 18 heavy (non-hydrogen) atoms. The van der Waals surface area contributed by atoms with Gasteiger partial charge in [-0.1, -0.05) is 37.3 Å². The van der Waals surface area contributed by atoms with Crippen LogP contribution in [0.25, 0.3) is 0 Å². The summed E-state index contributed by atoms with van der Waals surface area (Å²) in [4.78, 5) is 11.6. The van der Waals surface area contributed by atoms with E-state index in [1.807, 2.05) is 0 Å². The smallest absolute Gasteiger partial charge is 0.331 e. The molecule has 0 heterocycles. The van der Waals surface area contributed by atoms with E-state index in [0.29, 0.717) is 0 Å². The summed E-state index contributed by atoms with van der Waals surface area (Å²) < 4.78 is 44.2. The minimum absolute atomic E-state index is 0.0557. The molecule has 0 aliphatic carbocycles. The zero-order valence-corrected chi connectivity index (χ0v) is 11.1. The largest absolute Gasteiger partial charge is 0.332 e. The highest BCUT2D eigenvalue weighted by atomic mass is 31.2. The number of alkyl halides is 2. The molecular formula is C12H15F2O3P. The molecule has 0 radical (unpaired) electrons. The normalized spacial score (nSPS) is 15.1. The van der Waals surface area contributed by atoms with Crippen LogP contribution in [0.3, 0.4) is 0 Å². The molecule has 0 aliphatic heterocycles. The zero-order chi connectivity index (χ0) is 13.8. The molecule has 1 atom stereocenters. The number of ketones is 1. The van der Waals surface area contributed by atoms with Crippen LogP contribution in [0, 0.1) is 0 Å². The van der Waals surface area contributed by atoms with Crippen LogP contribution < -0.4 is 0 Å². The fourth-order valence-corrected chi connectivity index (χ4v) is 2.68. The average molecular weight is 276 g/mol. The first-order valence-electron chi connectivity index (χ1n) is 5.46. The standard InChI is InChI=1S/C12H15F2O3P/c1-3-18(16,17-2)9-11(15)12(13,14)10-7-5-4-6-8-10/h4-8H,3,9H2,1-2H3. The van der Waals surface area contributed by atoms with E-state index < -0.39 is 30.8 Å². The summed E-state index contributed by atoms with van der Waals surface area (Å²) in [7, 11) is -2.12. The number of halogens is 2. The lowest BCUT2D eigenvalue weighted by molar-refractivity contribution is -0.141. The van der Waals surface area contributed by atoms with Gasteiger partial charge in [-0.15, -0.1) is 0 Å². The Labute approximate surface area is 105 Å². The summed E-state index contributed by atoms with van der Waals surface area (Å²) in [6, 6.07) is 6.76. The lowest BCUT2D eigenvalue weighted by Crippen LogP contribution is -2.29. The van der Waals surface area contributed by atoms with Gasteiger partial charge in [-0.25, -0.2) is 0 Å². The van der Waals surface area contributed by atoms with Crippen LogP contribution in [0.15, 0.2) is 30.3 Å². The minimum Gasteiger partial charge on any atom is -0.332 e. The molecule has 0 fully saturated rings. The first-order valence-corrected chi connectivity index (χ1v) is 7.45. The molecule has 0 bridgehead atoms. The quantitative estimate of drug-likeness (QED) is 0.749. The van der Waals surface area contributed by atoms with Crippen molar-refractivity contribution in [3.05, 3.63) is 35.9 Å². The molecule has 1 aromatic rings. The van der Waals surface area contributed by atoms with E-state index in [1.165, 1.54) is 31.2 Å². The van der Waals surface area contributed by atoms with Crippen LogP contribution in [-0.4, -0.2) is 25.2 Å². The third-order valence-electron chi connectivity index (χ3n) is 2.69. The number of hydrogen-bond donors (Lipinski definition) is 0. The molecule has 0 aliphatic rings. The van der Waals surface area contributed by atoms with Gasteiger partial charge in [0, 0.05) is 18.8 Å². The summed E-state index contributed by atoms with van der Waals surface area (Å²) >= 11 is 0. The number of carbonyl (C=O) groups is 1. The zero-order valence-electron chi connectivity index (χ0n) is 10.2. The van der Waals surface area contributed by atoms with E-state index in [2.05, 4.69) is 0 Å². The third kappa shape index (κ3) is 3.24. The fourth-order valence-electron chi connectivity index (χ4n) is 1.43. The molecule has 0 saturated heterocycles. The van der Waals surface area contributed by atoms with E-state index in [-0.39, 0.29) is 6.16 Å². The Bertz CT molecular complexity index is 452. The van der Waals surface area contributed by atoms with Gasteiger partial charge in [0.15, 0.2) is 0 Å². The highest BCUT2D eigenvalue weighted by Gasteiger charge is 2.43. The predicted molar refractivity (Wildman–Crippen MR) is 65.4 cm³/mol. The van der Waals surface area contributed by atoms with Gasteiger partial charge in [0.05, 0.1) is 6.16 Å². The van der Waals surface area contributed by atoms with E-state index in [1.54, 1.807) is 6.07 Å². The maximum absolute atomic E-state index is 13.8. The Balaban J connectivity index is 2.93. The maximum atomic E-state index is 13.8. The molecule has 0 spiro atoms. The first-order chi connectivity index (χ1) is 8.35. The summed E-state index contributed by atoms with van der Waals surface area (Å²) in [6.45, 7) is 1.54. The molecule has 1 unspecified atom stereocenters. The monoisotopic (exact) mass is 276 g/mol. The Morgan fingerprint density at radius 2 is 1.89 bits per heavy atom. The van der Waals surface area contributed by atoms with Crippen molar-refractivity contribution in [3.63, 3.8) is 0 Å². The number of hydrogen-bond acceptors (Lipinski definition) is 3. The van der Waals surface area contributed by atoms with Gasteiger partial charge in [-0.05, 0) is 0 Å². The van der Waals surface area contributed by atoms with Crippen LogP contribution in [-0.2, 0) is 19.8 Å². The molecule has 6 heteroatoms. The average Bonchev–Trinajstić information content (AvgIpc) is 2.39. The van der Waals surface area contributed by atoms with Crippen molar-refractivity contribution in [2.75, 3.05) is 19.4 Å². The second kappa shape index (κ2) is 5.72. The van der Waals surface area contributed by atoms with Gasteiger partial charge in [0.1, 0.15) is 0 Å². The highest BCUT2D eigenvalue weighted by Crippen LogP contribution is 2.47. The second-order valence-corrected chi connectivity index (χ2v) is 6.78. The van der Waals surface area contributed by atoms with Gasteiger partial charge in [0.2, 0.25) is 13.2 Å². The van der Waals surface area contributed by atoms with Crippen molar-refractivity contribution in [3.8, 4) is 0 Å². The summed E-state index contributed by atoms with van der Waals surface area (Å²) in [5.41, 5.74) is -0.395. The molecule has 0 saturated carbocycles. The minimum atomic E-state index is -3.63. The Morgan fingerprint density at radius 1 is 1.33 bits per heavy atom. The Morgan fingerprint density at radius 3 is 2.33 bits per heavy atom. The van der Waals surface area contributed by atoms with Gasteiger partial charge in [-0.3, -0.25) is 9.36 Å². The van der Waals surface area contributed by atoms with E-state index >= 15 is 0 Å². The molecule has 3 nitrogen and oxygen atoms in total. The molecular weight excluding hydrogens is 261 g/mol. The first kappa shape index (κ1) is 15.0. The van der Waals surface area contributed by atoms with E-state index in [4.69, 9.17) is 4.52 Å². The molecule has 0 N–H and O–H groups in total. The predicted octanol–water partition coefficient (Wildman–Crippen LogP) is 3.29. The fraction of sp³-hybridized carbons (Fsp3) is 0.417. The molecule has 100 valence electrons. The molecule has 1 rings (SSSR count). The van der Waals surface area contributed by atoms with Crippen LogP contribution in [0.1, 0.15) is 12.5 Å². The summed E-state index contributed by atoms with van der Waals surface area (Å²) in [5, 5.41) is 0. The van der Waals surface area contributed by atoms with Gasteiger partial charge in [-0.2, -0.15) is 8.78 Å². The summed E-state index contributed by atoms with van der Waals surface area (Å²) in [6.07, 6.45) is -0.692. The lowest BCUT2D eigenvalue weighted by Gasteiger charge is -2.19. The van der Waals surface area contributed by atoms with Crippen molar-refractivity contribution in [1.82, 2.24) is 0 Å². The van der Waals surface area contributed by atoms with Crippen molar-refractivity contribution < 1.29 is 22.7 Å². The molecule has 1 aromatic carbocycles. The highest BCUT2D eigenvalue weighted by molar-refractivity contribution is 7.59. The van der Waals surface area contributed by atoms with Crippen LogP contribution in [0.2, 0.25) is 0 Å². The Kier molecular flexibility index (Phi) is 4.77. The summed E-state index contributed by atoms with van der Waals surface area (Å²) in [5.74, 6) is -5.01. The van der Waals surface area contributed by atoms with Crippen LogP contribution >= 0.6 is 7.37 Å². The van der Waals surface area contributed by atoms with Crippen molar-refractivity contribution in [2.45, 2.75) is 12.8 Å². The van der Waals surface area contributed by atoms with Crippen LogP contribution in [0.5, 0.6) is 0 Å². The number of Topliss-reactive ketones (excluding diaryl/α,β-unsaturated/α-hetero) is 1. The van der Waals surface area contributed by atoms with Crippen LogP contribution in [0.4, 0.5) is 8.78 Å². The van der Waals surface area contributed by atoms with E-state index in [0.717, 1.165) is 7.11 Å². The van der Waals surface area contributed by atoms with Crippen molar-refractivity contribution >= 4 is 13.2 Å². The van der Waals surface area contributed by atoms with Gasteiger partial charge >= 0.3 is 5.92 Å². The second-order valence-electron chi connectivity index (χ2n) is 3.84. The number of rotatable bonds is 6. The number of carbonyl (C=O) groups excluding carboxylic acids is 1. The third-order valence-corrected chi connectivity index (χ3v) is 5.08. The van der Waals surface area contributed by atoms with Crippen molar-refractivity contribution in [1.29, 1.82) is 0 Å². The molecule has 0 amide bonds. The van der Waals surface area contributed by atoms with Gasteiger partial charge < -0.3 is 4.52 Å². The topological polar surface area (TPSA) is 43.4 Å². The lowest BCUT2D eigenvalue weighted by atomic mass is 10.1.